The molecule has 0 spiro atoms. The molecule has 0 aliphatic carbocycles. The number of hydrogen-bond acceptors (Lipinski definition) is 3. The van der Waals surface area contributed by atoms with Crippen molar-refractivity contribution in [3.05, 3.63) is 65.3 Å². The van der Waals surface area contributed by atoms with Crippen LogP contribution >= 0.6 is 11.6 Å². The number of piperazine rings is 1. The zero-order valence-electron chi connectivity index (χ0n) is 18.7. The van der Waals surface area contributed by atoms with Gasteiger partial charge in [0.05, 0.1) is 0 Å². The number of amides is 1. The summed E-state index contributed by atoms with van der Waals surface area (Å²) in [5.74, 6) is 0.519. The number of piperidine rings is 1. The second-order valence-corrected chi connectivity index (χ2v) is 9.56. The summed E-state index contributed by atoms with van der Waals surface area (Å²) in [6.07, 6.45) is 4.11. The van der Waals surface area contributed by atoms with Crippen LogP contribution in [-0.4, -0.2) is 59.5 Å². The highest BCUT2D eigenvalue weighted by atomic mass is 35.5. The third kappa shape index (κ3) is 4.37. The van der Waals surface area contributed by atoms with Gasteiger partial charge in [-0.1, -0.05) is 29.8 Å². The summed E-state index contributed by atoms with van der Waals surface area (Å²) in [6, 6.07) is 16.6. The molecule has 0 bridgehead atoms. The number of fused-ring (bicyclic) bond motifs is 1. The lowest BCUT2D eigenvalue weighted by atomic mass is 9.94. The Bertz CT molecular complexity index is 1080. The number of carbonyl (C=O) groups excluding carboxylic acids is 1. The average Bonchev–Trinajstić information content (AvgIpc) is 3.14. The Morgan fingerprint density at radius 1 is 0.969 bits per heavy atom. The zero-order valence-corrected chi connectivity index (χ0v) is 19.5. The van der Waals surface area contributed by atoms with Crippen molar-refractivity contribution in [2.45, 2.75) is 19.4 Å². The minimum Gasteiger partial charge on any atom is -0.368 e. The van der Waals surface area contributed by atoms with Crippen molar-refractivity contribution in [1.29, 1.82) is 0 Å². The molecule has 6 heteroatoms. The van der Waals surface area contributed by atoms with E-state index in [9.17, 15) is 4.79 Å². The van der Waals surface area contributed by atoms with E-state index in [1.165, 1.54) is 22.2 Å². The zero-order chi connectivity index (χ0) is 22.1. The van der Waals surface area contributed by atoms with E-state index in [1.54, 1.807) is 0 Å². The summed E-state index contributed by atoms with van der Waals surface area (Å²) in [6.45, 7) is 6.33. The van der Waals surface area contributed by atoms with Crippen molar-refractivity contribution in [3.8, 4) is 0 Å². The van der Waals surface area contributed by atoms with Crippen molar-refractivity contribution in [2.24, 2.45) is 13.0 Å². The summed E-state index contributed by atoms with van der Waals surface area (Å²) >= 11 is 6.25. The second-order valence-electron chi connectivity index (χ2n) is 9.13. The number of rotatable bonds is 4. The van der Waals surface area contributed by atoms with Crippen molar-refractivity contribution < 1.29 is 4.79 Å². The van der Waals surface area contributed by atoms with E-state index in [0.717, 1.165) is 63.7 Å². The number of para-hydroxylation sites is 1. The lowest BCUT2D eigenvalue weighted by molar-refractivity contribution is -0.137. The topological polar surface area (TPSA) is 31.7 Å². The molecule has 0 atom stereocenters. The van der Waals surface area contributed by atoms with Crippen molar-refractivity contribution in [1.82, 2.24) is 14.4 Å². The molecule has 1 aromatic heterocycles. The van der Waals surface area contributed by atoms with Gasteiger partial charge in [-0.3, -0.25) is 9.69 Å². The Hall–Kier alpha value is -2.50. The summed E-state index contributed by atoms with van der Waals surface area (Å²) in [4.78, 5) is 20.1. The number of benzene rings is 2. The van der Waals surface area contributed by atoms with Gasteiger partial charge >= 0.3 is 0 Å². The Kier molecular flexibility index (Phi) is 6.11. The lowest BCUT2D eigenvalue weighted by Gasteiger charge is -2.39. The van der Waals surface area contributed by atoms with Crippen molar-refractivity contribution >= 4 is 34.1 Å². The molecule has 2 aromatic carbocycles. The van der Waals surface area contributed by atoms with Crippen LogP contribution in [0, 0.1) is 5.92 Å². The van der Waals surface area contributed by atoms with E-state index in [0.29, 0.717) is 5.91 Å². The molecule has 0 saturated carbocycles. The number of aromatic nitrogens is 1. The predicted molar refractivity (Wildman–Crippen MR) is 131 cm³/mol. The van der Waals surface area contributed by atoms with Gasteiger partial charge in [-0.25, -0.2) is 0 Å². The van der Waals surface area contributed by atoms with Gasteiger partial charge in [0.25, 0.3) is 0 Å². The molecule has 3 heterocycles. The number of hydrogen-bond donors (Lipinski definition) is 0. The number of anilines is 1. The van der Waals surface area contributed by atoms with Crippen LogP contribution < -0.4 is 4.90 Å². The number of carbonyl (C=O) groups is 1. The molecular weight excluding hydrogens is 420 g/mol. The van der Waals surface area contributed by atoms with Crippen LogP contribution in [0.15, 0.2) is 54.7 Å². The molecule has 168 valence electrons. The summed E-state index contributed by atoms with van der Waals surface area (Å²) < 4.78 is 2.17. The fraction of sp³-hybridized carbons (Fsp3) is 0.423. The van der Waals surface area contributed by atoms with Crippen LogP contribution in [0.3, 0.4) is 0 Å². The molecule has 1 amide bonds. The van der Waals surface area contributed by atoms with E-state index in [4.69, 9.17) is 11.6 Å². The minimum absolute atomic E-state index is 0.163. The minimum atomic E-state index is 0.163. The highest BCUT2D eigenvalue weighted by molar-refractivity contribution is 6.31. The van der Waals surface area contributed by atoms with Gasteiger partial charge < -0.3 is 14.4 Å². The normalized spacial score (nSPS) is 18.4. The first-order chi connectivity index (χ1) is 15.6. The smallest absolute Gasteiger partial charge is 0.225 e. The number of halogens is 1. The molecule has 2 aliphatic heterocycles. The predicted octanol–water partition coefficient (Wildman–Crippen LogP) is 4.39. The third-order valence-electron chi connectivity index (χ3n) is 7.08. The van der Waals surface area contributed by atoms with Gasteiger partial charge in [-0.05, 0) is 61.8 Å². The Morgan fingerprint density at radius 2 is 1.69 bits per heavy atom. The fourth-order valence-corrected chi connectivity index (χ4v) is 5.40. The van der Waals surface area contributed by atoms with Crippen LogP contribution in [-0.2, 0) is 18.4 Å². The quantitative estimate of drug-likeness (QED) is 0.590. The first-order valence-corrected chi connectivity index (χ1v) is 12.0. The second kappa shape index (κ2) is 9.16. The largest absolute Gasteiger partial charge is 0.368 e. The molecule has 2 fully saturated rings. The maximum Gasteiger partial charge on any atom is 0.225 e. The summed E-state index contributed by atoms with van der Waals surface area (Å²) in [7, 11) is 2.09. The highest BCUT2D eigenvalue weighted by Crippen LogP contribution is 2.28. The van der Waals surface area contributed by atoms with Crippen molar-refractivity contribution in [2.75, 3.05) is 44.2 Å². The van der Waals surface area contributed by atoms with E-state index >= 15 is 0 Å². The number of aryl methyl sites for hydroxylation is 1. The molecular formula is C26H31ClN4O. The molecule has 0 radical (unpaired) electrons. The van der Waals surface area contributed by atoms with Crippen LogP contribution in [0.4, 0.5) is 5.69 Å². The highest BCUT2D eigenvalue weighted by Gasteiger charge is 2.30. The average molecular weight is 451 g/mol. The molecule has 2 aliphatic rings. The van der Waals surface area contributed by atoms with Crippen LogP contribution in [0.1, 0.15) is 18.4 Å². The van der Waals surface area contributed by atoms with Gasteiger partial charge in [-0.2, -0.15) is 0 Å². The Balaban J connectivity index is 1.14. The van der Waals surface area contributed by atoms with E-state index in [1.807, 2.05) is 12.1 Å². The number of likely N-dealkylation sites (tertiary alicyclic amines) is 1. The molecule has 0 N–H and O–H groups in total. The molecule has 0 unspecified atom stereocenters. The third-order valence-corrected chi connectivity index (χ3v) is 7.31. The van der Waals surface area contributed by atoms with Gasteiger partial charge in [0.2, 0.25) is 5.91 Å². The summed E-state index contributed by atoms with van der Waals surface area (Å²) in [5.41, 5.74) is 3.78. The summed E-state index contributed by atoms with van der Waals surface area (Å²) in [5, 5.41) is 2.01. The molecule has 5 rings (SSSR count). The maximum atomic E-state index is 13.1. The van der Waals surface area contributed by atoms with Crippen LogP contribution in [0.5, 0.6) is 0 Å². The van der Waals surface area contributed by atoms with Gasteiger partial charge in [0, 0.05) is 73.5 Å². The van der Waals surface area contributed by atoms with Crippen LogP contribution in [0.25, 0.3) is 10.9 Å². The molecule has 5 nitrogen and oxygen atoms in total. The SMILES string of the molecule is Cn1cc(CN2CCC(C(=O)N3CCN(c4ccccc4)CC3)CC2)c2cc(Cl)ccc21. The molecule has 32 heavy (non-hydrogen) atoms. The van der Waals surface area contributed by atoms with Crippen molar-refractivity contribution in [3.63, 3.8) is 0 Å². The monoisotopic (exact) mass is 450 g/mol. The van der Waals surface area contributed by atoms with Crippen LogP contribution in [0.2, 0.25) is 5.02 Å². The van der Waals surface area contributed by atoms with Gasteiger partial charge in [0.15, 0.2) is 0 Å². The Morgan fingerprint density at radius 3 is 2.41 bits per heavy atom. The fourth-order valence-electron chi connectivity index (χ4n) is 5.23. The van der Waals surface area contributed by atoms with E-state index < -0.39 is 0 Å². The Labute approximate surface area is 195 Å². The standard InChI is InChI=1S/C26H31ClN4O/c1-28-18-21(24-17-22(27)7-8-25(24)28)19-29-11-9-20(10-12-29)26(32)31-15-13-30(14-16-31)23-5-3-2-4-6-23/h2-8,17-18,20H,9-16,19H2,1H3. The van der Waals surface area contributed by atoms with Gasteiger partial charge in [-0.15, -0.1) is 0 Å². The molecule has 2 saturated heterocycles. The first kappa shape index (κ1) is 21.4. The van der Waals surface area contributed by atoms with E-state index in [2.05, 4.69) is 68.9 Å². The first-order valence-electron chi connectivity index (χ1n) is 11.6. The number of nitrogens with zero attached hydrogens (tertiary/aromatic N) is 4. The maximum absolute atomic E-state index is 13.1. The van der Waals surface area contributed by atoms with Gasteiger partial charge in [0.1, 0.15) is 0 Å². The molecule has 3 aromatic rings. The lowest BCUT2D eigenvalue weighted by Crippen LogP contribution is -2.51. The van der Waals surface area contributed by atoms with E-state index in [-0.39, 0.29) is 5.92 Å².